The van der Waals surface area contributed by atoms with E-state index in [0.29, 0.717) is 12.8 Å². The summed E-state index contributed by atoms with van der Waals surface area (Å²) < 4.78 is 1.74. The van der Waals surface area contributed by atoms with Gasteiger partial charge in [0.05, 0.1) is 11.2 Å². The lowest BCUT2D eigenvalue weighted by Crippen LogP contribution is -2.50. The molecule has 0 spiro atoms. The second kappa shape index (κ2) is 5.88. The first-order chi connectivity index (χ1) is 9.59. The highest BCUT2D eigenvalue weighted by Crippen LogP contribution is 2.18. The van der Waals surface area contributed by atoms with Crippen molar-refractivity contribution < 1.29 is 4.79 Å². The van der Waals surface area contributed by atoms with E-state index in [2.05, 4.69) is 10.4 Å². The molecule has 0 atom stereocenters. The number of nitrogens with one attached hydrogen (secondary N) is 1. The number of carbonyl (C=O) groups excluding carboxylic acids is 1. The molecule has 5 heteroatoms. The number of anilines is 1. The Morgan fingerprint density at radius 2 is 2.10 bits per heavy atom. The van der Waals surface area contributed by atoms with E-state index < -0.39 is 5.54 Å². The van der Waals surface area contributed by atoms with Crippen molar-refractivity contribution in [1.82, 2.24) is 9.78 Å². The Balaban J connectivity index is 2.19. The Hall–Kier alpha value is -2.14. The van der Waals surface area contributed by atoms with Crippen LogP contribution in [0.15, 0.2) is 42.7 Å². The molecule has 0 fully saturated rings. The predicted octanol–water partition coefficient (Wildman–Crippen LogP) is 2.33. The molecule has 0 radical (unpaired) electrons. The number of nitrogens with zero attached hydrogens (tertiary/aromatic N) is 2. The minimum atomic E-state index is -0.818. The minimum Gasteiger partial charge on any atom is -0.324 e. The third kappa shape index (κ3) is 2.88. The molecule has 0 aliphatic carbocycles. The van der Waals surface area contributed by atoms with E-state index in [1.807, 2.05) is 50.4 Å². The molecule has 0 aliphatic heterocycles. The molecule has 0 saturated heterocycles. The van der Waals surface area contributed by atoms with Gasteiger partial charge in [-0.3, -0.25) is 4.79 Å². The first-order valence-electron chi connectivity index (χ1n) is 6.79. The van der Waals surface area contributed by atoms with Crippen LogP contribution in [0, 0.1) is 0 Å². The Morgan fingerprint density at radius 3 is 2.70 bits per heavy atom. The van der Waals surface area contributed by atoms with Crippen molar-refractivity contribution >= 4 is 11.6 Å². The van der Waals surface area contributed by atoms with Gasteiger partial charge in [-0.15, -0.1) is 0 Å². The molecule has 2 aromatic rings. The van der Waals surface area contributed by atoms with Gasteiger partial charge in [0.1, 0.15) is 0 Å². The van der Waals surface area contributed by atoms with Crippen LogP contribution < -0.4 is 11.1 Å². The number of carbonyl (C=O) groups is 1. The van der Waals surface area contributed by atoms with Gasteiger partial charge in [0.25, 0.3) is 0 Å². The number of aromatic nitrogens is 2. The van der Waals surface area contributed by atoms with Crippen LogP contribution in [0.3, 0.4) is 0 Å². The molecule has 1 amide bonds. The SMILES string of the molecule is CCC(N)(CC)C(=O)Nc1cccc(-n2cccn2)c1. The fraction of sp³-hybridized carbons (Fsp3) is 0.333. The third-order valence-electron chi connectivity index (χ3n) is 3.59. The van der Waals surface area contributed by atoms with Crippen LogP contribution in [0.2, 0.25) is 0 Å². The van der Waals surface area contributed by atoms with Gasteiger partial charge in [-0.2, -0.15) is 5.10 Å². The maximum absolute atomic E-state index is 12.2. The maximum atomic E-state index is 12.2. The second-order valence-electron chi connectivity index (χ2n) is 4.82. The topological polar surface area (TPSA) is 72.9 Å². The van der Waals surface area contributed by atoms with Crippen molar-refractivity contribution in [1.29, 1.82) is 0 Å². The predicted molar refractivity (Wildman–Crippen MR) is 79.7 cm³/mol. The molecule has 0 unspecified atom stereocenters. The summed E-state index contributed by atoms with van der Waals surface area (Å²) in [6, 6.07) is 9.37. The highest BCUT2D eigenvalue weighted by Gasteiger charge is 2.29. The van der Waals surface area contributed by atoms with Crippen LogP contribution in [-0.2, 0) is 4.79 Å². The molecular formula is C15H20N4O. The van der Waals surface area contributed by atoms with Gasteiger partial charge in [-0.05, 0) is 37.1 Å². The quantitative estimate of drug-likeness (QED) is 0.877. The zero-order valence-corrected chi connectivity index (χ0v) is 11.8. The monoisotopic (exact) mass is 272 g/mol. The van der Waals surface area contributed by atoms with E-state index in [9.17, 15) is 4.79 Å². The van der Waals surface area contributed by atoms with Crippen LogP contribution in [0.5, 0.6) is 0 Å². The van der Waals surface area contributed by atoms with Crippen molar-refractivity contribution in [3.63, 3.8) is 0 Å². The lowest BCUT2D eigenvalue weighted by atomic mass is 9.93. The number of amides is 1. The summed E-state index contributed by atoms with van der Waals surface area (Å²) in [6.07, 6.45) is 4.78. The Labute approximate surface area is 118 Å². The summed E-state index contributed by atoms with van der Waals surface area (Å²) in [5.41, 5.74) is 6.89. The number of rotatable bonds is 5. The highest BCUT2D eigenvalue weighted by molar-refractivity contribution is 5.98. The molecule has 1 aromatic heterocycles. The van der Waals surface area contributed by atoms with Gasteiger partial charge >= 0.3 is 0 Å². The van der Waals surface area contributed by atoms with Gasteiger partial charge in [0, 0.05) is 18.1 Å². The largest absolute Gasteiger partial charge is 0.324 e. The summed E-state index contributed by atoms with van der Waals surface area (Å²) in [6.45, 7) is 3.84. The average Bonchev–Trinajstić information content (AvgIpc) is 3.01. The third-order valence-corrected chi connectivity index (χ3v) is 3.59. The van der Waals surface area contributed by atoms with Gasteiger partial charge in [0.2, 0.25) is 5.91 Å². The Morgan fingerprint density at radius 1 is 1.35 bits per heavy atom. The molecule has 20 heavy (non-hydrogen) atoms. The lowest BCUT2D eigenvalue weighted by Gasteiger charge is -2.25. The standard InChI is InChI=1S/C15H20N4O/c1-3-15(16,4-2)14(20)18-12-7-5-8-13(11-12)19-10-6-9-17-19/h5-11H,3-4,16H2,1-2H3,(H,18,20). The number of benzene rings is 1. The Bertz CT molecular complexity index is 573. The van der Waals surface area contributed by atoms with Gasteiger partial charge in [-0.25, -0.2) is 4.68 Å². The van der Waals surface area contributed by atoms with Crippen LogP contribution in [-0.4, -0.2) is 21.2 Å². The van der Waals surface area contributed by atoms with Crippen molar-refractivity contribution in [2.75, 3.05) is 5.32 Å². The smallest absolute Gasteiger partial charge is 0.244 e. The number of hydrogen-bond donors (Lipinski definition) is 2. The minimum absolute atomic E-state index is 0.153. The zero-order chi connectivity index (χ0) is 14.6. The van der Waals surface area contributed by atoms with Crippen LogP contribution in [0.4, 0.5) is 5.69 Å². The molecule has 0 aliphatic rings. The fourth-order valence-corrected chi connectivity index (χ4v) is 1.97. The van der Waals surface area contributed by atoms with Crippen LogP contribution >= 0.6 is 0 Å². The molecule has 1 aromatic carbocycles. The molecule has 2 rings (SSSR count). The van der Waals surface area contributed by atoms with Crippen molar-refractivity contribution in [2.45, 2.75) is 32.2 Å². The van der Waals surface area contributed by atoms with Crippen molar-refractivity contribution in [3.05, 3.63) is 42.7 Å². The lowest BCUT2D eigenvalue weighted by molar-refractivity contribution is -0.121. The average molecular weight is 272 g/mol. The number of nitrogens with two attached hydrogens (primary N) is 1. The van der Waals surface area contributed by atoms with E-state index >= 15 is 0 Å². The summed E-state index contributed by atoms with van der Waals surface area (Å²) in [5.74, 6) is -0.153. The first kappa shape index (κ1) is 14.3. The molecule has 3 N–H and O–H groups in total. The van der Waals surface area contributed by atoms with Gasteiger partial charge < -0.3 is 11.1 Å². The second-order valence-corrected chi connectivity index (χ2v) is 4.82. The first-order valence-corrected chi connectivity index (χ1v) is 6.79. The number of hydrogen-bond acceptors (Lipinski definition) is 3. The van der Waals surface area contributed by atoms with E-state index in [4.69, 9.17) is 5.73 Å². The summed E-state index contributed by atoms with van der Waals surface area (Å²) in [4.78, 5) is 12.2. The zero-order valence-electron chi connectivity index (χ0n) is 11.8. The molecule has 106 valence electrons. The van der Waals surface area contributed by atoms with Crippen molar-refractivity contribution in [2.24, 2.45) is 5.73 Å². The van der Waals surface area contributed by atoms with E-state index in [0.717, 1.165) is 11.4 Å². The normalized spacial score (nSPS) is 11.3. The molecule has 0 saturated carbocycles. The van der Waals surface area contributed by atoms with E-state index in [1.165, 1.54) is 0 Å². The van der Waals surface area contributed by atoms with Gasteiger partial charge in [0.15, 0.2) is 0 Å². The summed E-state index contributed by atoms with van der Waals surface area (Å²) in [5, 5.41) is 7.05. The van der Waals surface area contributed by atoms with E-state index in [1.54, 1.807) is 10.9 Å². The maximum Gasteiger partial charge on any atom is 0.244 e. The van der Waals surface area contributed by atoms with Crippen LogP contribution in [0.1, 0.15) is 26.7 Å². The molecular weight excluding hydrogens is 252 g/mol. The highest BCUT2D eigenvalue weighted by atomic mass is 16.2. The van der Waals surface area contributed by atoms with E-state index in [-0.39, 0.29) is 5.91 Å². The summed E-state index contributed by atoms with van der Waals surface area (Å²) >= 11 is 0. The Kier molecular flexibility index (Phi) is 4.20. The molecule has 1 heterocycles. The van der Waals surface area contributed by atoms with Crippen LogP contribution in [0.25, 0.3) is 5.69 Å². The summed E-state index contributed by atoms with van der Waals surface area (Å²) in [7, 11) is 0. The van der Waals surface area contributed by atoms with Gasteiger partial charge in [-0.1, -0.05) is 19.9 Å². The fourth-order valence-electron chi connectivity index (χ4n) is 1.97. The molecule has 0 bridgehead atoms. The van der Waals surface area contributed by atoms with Crippen molar-refractivity contribution in [3.8, 4) is 5.69 Å². The molecule has 5 nitrogen and oxygen atoms in total.